The van der Waals surface area contributed by atoms with Gasteiger partial charge in [0.05, 0.1) is 16.6 Å². The maximum absolute atomic E-state index is 11.8. The van der Waals surface area contributed by atoms with E-state index >= 15 is 0 Å². The van der Waals surface area contributed by atoms with E-state index in [2.05, 4.69) is 9.82 Å². The highest BCUT2D eigenvalue weighted by molar-refractivity contribution is 7.94. The normalized spacial score (nSPS) is 12.4. The minimum absolute atomic E-state index is 0.251. The lowest BCUT2D eigenvalue weighted by molar-refractivity contribution is -0.137. The molecule has 0 amide bonds. The highest BCUT2D eigenvalue weighted by Crippen LogP contribution is 2.18. The topological polar surface area (TPSA) is 101 Å². The van der Waals surface area contributed by atoms with E-state index in [0.29, 0.717) is 0 Å². The van der Waals surface area contributed by atoms with Crippen LogP contribution in [0.2, 0.25) is 0 Å². The Morgan fingerprint density at radius 2 is 2.12 bits per heavy atom. The average Bonchev–Trinajstić information content (AvgIpc) is 2.48. The second-order valence-corrected chi connectivity index (χ2v) is 6.97. The minimum Gasteiger partial charge on any atom is -0.480 e. The van der Waals surface area contributed by atoms with Crippen LogP contribution in [0.1, 0.15) is 20.8 Å². The lowest BCUT2D eigenvalue weighted by atomic mass is 10.3. The van der Waals surface area contributed by atoms with Gasteiger partial charge in [0.2, 0.25) is 10.0 Å². The van der Waals surface area contributed by atoms with Gasteiger partial charge >= 0.3 is 5.97 Å². The van der Waals surface area contributed by atoms with E-state index in [4.69, 9.17) is 5.11 Å². The second kappa shape index (κ2) is 4.36. The second-order valence-electron chi connectivity index (χ2n) is 4.54. The van der Waals surface area contributed by atoms with Crippen LogP contribution >= 0.6 is 0 Å². The molecule has 0 aliphatic rings. The van der Waals surface area contributed by atoms with Gasteiger partial charge < -0.3 is 5.11 Å². The number of carboxylic acids is 1. The molecule has 2 N–H and O–H groups in total. The van der Waals surface area contributed by atoms with Gasteiger partial charge in [-0.3, -0.25) is 14.2 Å². The number of aromatic nitrogens is 2. The third-order valence-corrected chi connectivity index (χ3v) is 4.11. The fraction of sp³-hybridized carbons (Fsp3) is 0.556. The first-order valence-electron chi connectivity index (χ1n) is 4.88. The number of nitrogens with one attached hydrogen (secondary N) is 1. The molecule has 96 valence electrons. The molecule has 17 heavy (non-hydrogen) atoms. The molecule has 0 radical (unpaired) electrons. The molecule has 8 heteroatoms. The van der Waals surface area contributed by atoms with Crippen molar-refractivity contribution in [3.63, 3.8) is 0 Å². The number of carboxylic acid groups (broad SMARTS) is 1. The summed E-state index contributed by atoms with van der Waals surface area (Å²) in [5, 5.41) is 12.3. The number of aliphatic carboxylic acids is 1. The van der Waals surface area contributed by atoms with Crippen molar-refractivity contribution in [2.45, 2.75) is 32.1 Å². The molecule has 1 aromatic rings. The summed E-state index contributed by atoms with van der Waals surface area (Å²) in [6, 6.07) is 0. The molecule has 0 atom stereocenters. The van der Waals surface area contributed by atoms with Crippen LogP contribution in [0, 0.1) is 0 Å². The zero-order valence-corrected chi connectivity index (χ0v) is 10.7. The molecular weight excluding hydrogens is 246 g/mol. The summed E-state index contributed by atoms with van der Waals surface area (Å²) < 4.78 is 26.1. The van der Waals surface area contributed by atoms with E-state index < -0.39 is 20.7 Å². The van der Waals surface area contributed by atoms with Gasteiger partial charge in [-0.25, -0.2) is 8.42 Å². The predicted molar refractivity (Wildman–Crippen MR) is 62.2 cm³/mol. The SMILES string of the molecule is CC(C)(C)S(=O)(=O)Nc1cnn(CC(=O)O)c1. The molecule has 0 saturated carbocycles. The Morgan fingerprint density at radius 1 is 1.53 bits per heavy atom. The highest BCUT2D eigenvalue weighted by atomic mass is 32.2. The van der Waals surface area contributed by atoms with Crippen molar-refractivity contribution < 1.29 is 18.3 Å². The first-order valence-corrected chi connectivity index (χ1v) is 6.37. The van der Waals surface area contributed by atoms with Crippen LogP contribution in [0.4, 0.5) is 5.69 Å². The lowest BCUT2D eigenvalue weighted by Crippen LogP contribution is -2.33. The van der Waals surface area contributed by atoms with Gasteiger partial charge in [0.1, 0.15) is 6.54 Å². The van der Waals surface area contributed by atoms with Crippen LogP contribution in [0.25, 0.3) is 0 Å². The van der Waals surface area contributed by atoms with Crippen LogP contribution in [0.15, 0.2) is 12.4 Å². The van der Waals surface area contributed by atoms with Gasteiger partial charge in [-0.2, -0.15) is 5.10 Å². The summed E-state index contributed by atoms with van der Waals surface area (Å²) in [5.74, 6) is -1.04. The maximum atomic E-state index is 11.8. The third kappa shape index (κ3) is 3.45. The quantitative estimate of drug-likeness (QED) is 0.822. The molecule has 0 aliphatic carbocycles. The van der Waals surface area contributed by atoms with Gasteiger partial charge in [-0.05, 0) is 20.8 Å². The number of rotatable bonds is 4. The number of nitrogens with zero attached hydrogens (tertiary/aromatic N) is 2. The standard InChI is InChI=1S/C9H15N3O4S/c1-9(2,3)17(15,16)11-7-4-10-12(5-7)6-8(13)14/h4-5,11H,6H2,1-3H3,(H,13,14). The molecule has 7 nitrogen and oxygen atoms in total. The van der Waals surface area contributed by atoms with Crippen molar-refractivity contribution >= 4 is 21.7 Å². The average molecular weight is 261 g/mol. The Morgan fingerprint density at radius 3 is 2.59 bits per heavy atom. The van der Waals surface area contributed by atoms with E-state index in [9.17, 15) is 13.2 Å². The van der Waals surface area contributed by atoms with Crippen molar-refractivity contribution in [3.05, 3.63) is 12.4 Å². The summed E-state index contributed by atoms with van der Waals surface area (Å²) in [4.78, 5) is 10.4. The molecule has 0 saturated heterocycles. The van der Waals surface area contributed by atoms with Crippen molar-refractivity contribution in [1.29, 1.82) is 0 Å². The molecule has 0 unspecified atom stereocenters. The predicted octanol–water partition coefficient (Wildman–Crippen LogP) is 0.508. The Bertz CT molecular complexity index is 513. The molecule has 0 bridgehead atoms. The molecule has 1 aromatic heterocycles. The molecular formula is C9H15N3O4S. The van der Waals surface area contributed by atoms with E-state index in [0.717, 1.165) is 4.68 Å². The van der Waals surface area contributed by atoms with Crippen molar-refractivity contribution in [2.75, 3.05) is 4.72 Å². The van der Waals surface area contributed by atoms with E-state index in [1.54, 1.807) is 20.8 Å². The zero-order chi connectivity index (χ0) is 13.3. The molecule has 0 aromatic carbocycles. The first-order chi connectivity index (χ1) is 7.62. The smallest absolute Gasteiger partial charge is 0.325 e. The molecule has 0 spiro atoms. The molecule has 1 heterocycles. The summed E-state index contributed by atoms with van der Waals surface area (Å²) in [6.45, 7) is 4.39. The maximum Gasteiger partial charge on any atom is 0.325 e. The van der Waals surface area contributed by atoms with Crippen LogP contribution in [-0.4, -0.2) is 34.0 Å². The number of anilines is 1. The number of hydrogen-bond donors (Lipinski definition) is 2. The van der Waals surface area contributed by atoms with Crippen molar-refractivity contribution in [2.24, 2.45) is 0 Å². The van der Waals surface area contributed by atoms with Gasteiger partial charge in [0.25, 0.3) is 0 Å². The van der Waals surface area contributed by atoms with E-state index in [-0.39, 0.29) is 12.2 Å². The Kier molecular flexibility index (Phi) is 3.46. The van der Waals surface area contributed by atoms with E-state index in [1.165, 1.54) is 12.4 Å². The largest absolute Gasteiger partial charge is 0.480 e. The Hall–Kier alpha value is -1.57. The summed E-state index contributed by atoms with van der Waals surface area (Å²) >= 11 is 0. The van der Waals surface area contributed by atoms with Gasteiger partial charge in [-0.15, -0.1) is 0 Å². The lowest BCUT2D eigenvalue weighted by Gasteiger charge is -2.19. The van der Waals surface area contributed by atoms with Gasteiger partial charge in [-0.1, -0.05) is 0 Å². The zero-order valence-electron chi connectivity index (χ0n) is 9.84. The Labute approximate surface area is 99.5 Å². The van der Waals surface area contributed by atoms with Crippen molar-refractivity contribution in [1.82, 2.24) is 9.78 Å². The van der Waals surface area contributed by atoms with Gasteiger partial charge in [0, 0.05) is 6.20 Å². The monoisotopic (exact) mass is 261 g/mol. The minimum atomic E-state index is -3.52. The summed E-state index contributed by atoms with van der Waals surface area (Å²) in [5.41, 5.74) is 0.251. The van der Waals surface area contributed by atoms with Crippen LogP contribution < -0.4 is 4.72 Å². The summed E-state index contributed by atoms with van der Waals surface area (Å²) in [7, 11) is -3.52. The molecule has 0 aliphatic heterocycles. The van der Waals surface area contributed by atoms with E-state index in [1.807, 2.05) is 0 Å². The molecule has 0 fully saturated rings. The number of hydrogen-bond acceptors (Lipinski definition) is 4. The van der Waals surface area contributed by atoms with Gasteiger partial charge in [0.15, 0.2) is 0 Å². The third-order valence-electron chi connectivity index (χ3n) is 1.99. The first kappa shape index (κ1) is 13.5. The fourth-order valence-corrected chi connectivity index (χ4v) is 1.67. The number of sulfonamides is 1. The van der Waals surface area contributed by atoms with Crippen LogP contribution in [-0.2, 0) is 21.4 Å². The molecule has 1 rings (SSSR count). The van der Waals surface area contributed by atoms with Crippen molar-refractivity contribution in [3.8, 4) is 0 Å². The number of carbonyl (C=O) groups is 1. The Balaban J connectivity index is 2.84. The van der Waals surface area contributed by atoms with Crippen LogP contribution in [0.5, 0.6) is 0 Å². The highest BCUT2D eigenvalue weighted by Gasteiger charge is 2.29. The van der Waals surface area contributed by atoms with Crippen LogP contribution in [0.3, 0.4) is 0 Å². The summed E-state index contributed by atoms with van der Waals surface area (Å²) in [6.07, 6.45) is 2.60. The fourth-order valence-electron chi connectivity index (χ4n) is 0.950.